The van der Waals surface area contributed by atoms with E-state index < -0.39 is 8.07 Å². The Balaban J connectivity index is 3.80. The zero-order chi connectivity index (χ0) is 7.49. The van der Waals surface area contributed by atoms with Gasteiger partial charge in [0, 0.05) is 12.0 Å². The first-order valence-electron chi connectivity index (χ1n) is 3.33. The summed E-state index contributed by atoms with van der Waals surface area (Å²) < 4.78 is 0. The van der Waals surface area contributed by atoms with Crippen molar-refractivity contribution in [1.82, 2.24) is 0 Å². The zero-order valence-corrected chi connectivity index (χ0v) is 7.39. The van der Waals surface area contributed by atoms with E-state index in [2.05, 4.69) is 0 Å². The number of rotatable bonds is 3. The Bertz CT molecular complexity index is 83.1. The molecule has 0 amide bonds. The highest BCUT2D eigenvalue weighted by atomic mass is 28.3. The topological polar surface area (TPSA) is 40.5 Å². The van der Waals surface area contributed by atoms with Crippen molar-refractivity contribution in [2.45, 2.75) is 32.2 Å². The van der Waals surface area contributed by atoms with Gasteiger partial charge in [-0.3, -0.25) is 0 Å². The monoisotopic (exact) mass is 148 g/mol. The molecule has 0 fully saturated rings. The first kappa shape index (κ1) is 9.14. The maximum atomic E-state index is 9.29. The normalized spacial score (nSPS) is 15.7. The second-order valence-electron chi connectivity index (χ2n) is 3.07. The molecule has 0 aromatic carbocycles. The minimum absolute atomic E-state index is 0.183. The molecule has 0 spiro atoms. The standard InChI is InChI=1S/C6H16O2Si/c1-4-6(8)9(2,3)5-7/h6-8H,4-5H2,1-3H3. The molecule has 2 N–H and O–H groups in total. The van der Waals surface area contributed by atoms with Crippen molar-refractivity contribution in [2.24, 2.45) is 0 Å². The zero-order valence-electron chi connectivity index (χ0n) is 6.39. The third kappa shape index (κ3) is 2.47. The van der Waals surface area contributed by atoms with Gasteiger partial charge >= 0.3 is 0 Å². The van der Waals surface area contributed by atoms with Gasteiger partial charge in [-0.1, -0.05) is 20.0 Å². The van der Waals surface area contributed by atoms with Crippen molar-refractivity contribution in [3.05, 3.63) is 0 Å². The van der Waals surface area contributed by atoms with Crippen molar-refractivity contribution in [3.63, 3.8) is 0 Å². The first-order valence-corrected chi connectivity index (χ1v) is 6.62. The van der Waals surface area contributed by atoms with Crippen molar-refractivity contribution in [2.75, 3.05) is 6.23 Å². The van der Waals surface area contributed by atoms with E-state index in [9.17, 15) is 5.11 Å². The van der Waals surface area contributed by atoms with Crippen LogP contribution in [0.1, 0.15) is 13.3 Å². The summed E-state index contributed by atoms with van der Waals surface area (Å²) in [5, 5.41) is 18.1. The van der Waals surface area contributed by atoms with Crippen molar-refractivity contribution < 1.29 is 10.2 Å². The number of aliphatic hydroxyl groups excluding tert-OH is 2. The molecule has 0 aliphatic carbocycles. The van der Waals surface area contributed by atoms with E-state index in [-0.39, 0.29) is 12.0 Å². The lowest BCUT2D eigenvalue weighted by Crippen LogP contribution is -2.45. The Hall–Kier alpha value is 0.137. The molecule has 9 heavy (non-hydrogen) atoms. The second kappa shape index (κ2) is 3.34. The van der Waals surface area contributed by atoms with E-state index in [4.69, 9.17) is 5.11 Å². The summed E-state index contributed by atoms with van der Waals surface area (Å²) in [5.41, 5.74) is -0.248. The highest BCUT2D eigenvalue weighted by molar-refractivity contribution is 6.78. The van der Waals surface area contributed by atoms with E-state index >= 15 is 0 Å². The highest BCUT2D eigenvalue weighted by Crippen LogP contribution is 2.09. The molecule has 3 heteroatoms. The molecule has 0 saturated carbocycles. The van der Waals surface area contributed by atoms with Crippen LogP contribution in [0.15, 0.2) is 0 Å². The van der Waals surface area contributed by atoms with Gasteiger partial charge in [-0.2, -0.15) is 0 Å². The minimum atomic E-state index is -1.67. The predicted molar refractivity (Wildman–Crippen MR) is 40.9 cm³/mol. The largest absolute Gasteiger partial charge is 0.400 e. The van der Waals surface area contributed by atoms with E-state index in [1.807, 2.05) is 20.0 Å². The molecule has 1 atom stereocenters. The summed E-state index contributed by atoms with van der Waals surface area (Å²) in [6, 6.07) is 0. The summed E-state index contributed by atoms with van der Waals surface area (Å²) in [5.74, 6) is 0. The molecule has 56 valence electrons. The van der Waals surface area contributed by atoms with E-state index in [0.717, 1.165) is 6.42 Å². The minimum Gasteiger partial charge on any atom is -0.400 e. The van der Waals surface area contributed by atoms with Crippen LogP contribution in [-0.2, 0) is 0 Å². The third-order valence-electron chi connectivity index (χ3n) is 1.70. The number of aliphatic hydroxyl groups is 2. The van der Waals surface area contributed by atoms with Gasteiger partial charge in [0.15, 0.2) is 0 Å². The van der Waals surface area contributed by atoms with Crippen molar-refractivity contribution >= 4 is 8.07 Å². The van der Waals surface area contributed by atoms with Crippen molar-refractivity contribution in [1.29, 1.82) is 0 Å². The Kier molecular flexibility index (Phi) is 3.39. The van der Waals surface area contributed by atoms with Gasteiger partial charge in [0.1, 0.15) is 8.07 Å². The molecular formula is C6H16O2Si. The fourth-order valence-corrected chi connectivity index (χ4v) is 1.97. The lowest BCUT2D eigenvalue weighted by Gasteiger charge is -2.24. The second-order valence-corrected chi connectivity index (χ2v) is 8.03. The fraction of sp³-hybridized carbons (Fsp3) is 1.00. The molecule has 0 heterocycles. The van der Waals surface area contributed by atoms with Crippen LogP contribution in [0.5, 0.6) is 0 Å². The van der Waals surface area contributed by atoms with Crippen LogP contribution in [-0.4, -0.2) is 30.2 Å². The van der Waals surface area contributed by atoms with Gasteiger partial charge in [-0.25, -0.2) is 0 Å². The third-order valence-corrected chi connectivity index (χ3v) is 4.72. The van der Waals surface area contributed by atoms with Crippen molar-refractivity contribution in [3.8, 4) is 0 Å². The SMILES string of the molecule is CCC(O)[Si](C)(C)CO. The van der Waals surface area contributed by atoms with Crippen LogP contribution < -0.4 is 0 Å². The van der Waals surface area contributed by atoms with Gasteiger partial charge in [0.05, 0.1) is 0 Å². The molecule has 0 aliphatic rings. The molecule has 0 saturated heterocycles. The van der Waals surface area contributed by atoms with Crippen LogP contribution in [0.2, 0.25) is 13.1 Å². The molecule has 0 radical (unpaired) electrons. The van der Waals surface area contributed by atoms with Gasteiger partial charge in [-0.05, 0) is 6.42 Å². The van der Waals surface area contributed by atoms with E-state index in [1.54, 1.807) is 0 Å². The molecule has 0 aliphatic heterocycles. The summed E-state index contributed by atoms with van der Waals surface area (Å²) in [4.78, 5) is 0. The van der Waals surface area contributed by atoms with Gasteiger partial charge in [0.2, 0.25) is 0 Å². The maximum absolute atomic E-state index is 9.29. The molecule has 2 nitrogen and oxygen atoms in total. The smallest absolute Gasteiger partial charge is 0.110 e. The summed E-state index contributed by atoms with van der Waals surface area (Å²) in [6.45, 7) is 5.91. The van der Waals surface area contributed by atoms with Gasteiger partial charge in [0.25, 0.3) is 0 Å². The summed E-state index contributed by atoms with van der Waals surface area (Å²) >= 11 is 0. The Morgan fingerprint density at radius 2 is 1.89 bits per heavy atom. The average Bonchev–Trinajstić information content (AvgIpc) is 1.86. The van der Waals surface area contributed by atoms with E-state index in [0.29, 0.717) is 0 Å². The predicted octanol–water partition coefficient (Wildman–Crippen LogP) is 0.536. The molecule has 0 rings (SSSR count). The van der Waals surface area contributed by atoms with Crippen LogP contribution >= 0.6 is 0 Å². The molecule has 0 aromatic heterocycles. The fourth-order valence-electron chi connectivity index (χ4n) is 0.658. The lowest BCUT2D eigenvalue weighted by molar-refractivity contribution is 0.228. The van der Waals surface area contributed by atoms with Gasteiger partial charge in [-0.15, -0.1) is 0 Å². The number of hydrogen-bond acceptors (Lipinski definition) is 2. The Morgan fingerprint density at radius 1 is 1.44 bits per heavy atom. The molecule has 0 aromatic rings. The Morgan fingerprint density at radius 3 is 2.00 bits per heavy atom. The maximum Gasteiger partial charge on any atom is 0.110 e. The van der Waals surface area contributed by atoms with Gasteiger partial charge < -0.3 is 10.2 Å². The lowest BCUT2D eigenvalue weighted by atomic mass is 10.5. The molecular weight excluding hydrogens is 132 g/mol. The first-order chi connectivity index (χ1) is 4.04. The van der Waals surface area contributed by atoms with Crippen LogP contribution in [0.25, 0.3) is 0 Å². The van der Waals surface area contributed by atoms with Crippen LogP contribution in [0.4, 0.5) is 0 Å². The summed E-state index contributed by atoms with van der Waals surface area (Å²) in [6.07, 6.45) is 0.946. The highest BCUT2D eigenvalue weighted by Gasteiger charge is 2.27. The molecule has 0 bridgehead atoms. The summed E-state index contributed by atoms with van der Waals surface area (Å²) in [7, 11) is -1.67. The Labute approximate surface area is 57.5 Å². The van der Waals surface area contributed by atoms with Crippen LogP contribution in [0, 0.1) is 0 Å². The average molecular weight is 148 g/mol. The molecule has 1 unspecified atom stereocenters. The van der Waals surface area contributed by atoms with Crippen LogP contribution in [0.3, 0.4) is 0 Å². The van der Waals surface area contributed by atoms with E-state index in [1.165, 1.54) is 0 Å². The quantitative estimate of drug-likeness (QED) is 0.573. The number of hydrogen-bond donors (Lipinski definition) is 2.